The summed E-state index contributed by atoms with van der Waals surface area (Å²) in [6, 6.07) is 7.95. The summed E-state index contributed by atoms with van der Waals surface area (Å²) >= 11 is 0. The smallest absolute Gasteiger partial charge is 0.482 e. The van der Waals surface area contributed by atoms with Crippen LogP contribution in [0.4, 0.5) is 41.2 Å². The minimum absolute atomic E-state index is 0.108. The number of aliphatic carboxylic acids is 1. The van der Waals surface area contributed by atoms with Gasteiger partial charge >= 0.3 is 24.3 Å². The van der Waals surface area contributed by atoms with E-state index < -0.39 is 55.1 Å². The molecule has 1 atom stereocenters. The van der Waals surface area contributed by atoms with Crippen LogP contribution in [0, 0.1) is 11.6 Å². The molecular formula is C25H27F7N2O6. The molecule has 2 aromatic rings. The Labute approximate surface area is 224 Å². The maximum Gasteiger partial charge on any atom is 0.482 e. The van der Waals surface area contributed by atoms with Crippen molar-refractivity contribution in [3.63, 3.8) is 0 Å². The van der Waals surface area contributed by atoms with Crippen LogP contribution in [-0.2, 0) is 20.7 Å². The van der Waals surface area contributed by atoms with Crippen LogP contribution in [0.15, 0.2) is 42.5 Å². The summed E-state index contributed by atoms with van der Waals surface area (Å²) in [5, 5.41) is 11.5. The molecule has 0 aliphatic carbocycles. The zero-order valence-corrected chi connectivity index (χ0v) is 21.1. The van der Waals surface area contributed by atoms with E-state index in [1.807, 2.05) is 0 Å². The number of urea groups is 1. The highest BCUT2D eigenvalue weighted by atomic mass is 19.4. The van der Waals surface area contributed by atoms with Crippen molar-refractivity contribution in [3.05, 3.63) is 59.7 Å². The number of hydrogen-bond donors (Lipinski definition) is 2. The van der Waals surface area contributed by atoms with E-state index in [9.17, 15) is 45.4 Å². The zero-order chi connectivity index (χ0) is 29.9. The van der Waals surface area contributed by atoms with E-state index in [4.69, 9.17) is 9.47 Å². The number of carboxylic acid groups (broad SMARTS) is 1. The van der Waals surface area contributed by atoms with Crippen LogP contribution in [0.1, 0.15) is 18.9 Å². The summed E-state index contributed by atoms with van der Waals surface area (Å²) in [4.78, 5) is 24.9. The van der Waals surface area contributed by atoms with Crippen LogP contribution in [0.2, 0.25) is 0 Å². The van der Waals surface area contributed by atoms with Gasteiger partial charge in [-0.2, -0.15) is 22.0 Å². The third-order valence-corrected chi connectivity index (χ3v) is 5.26. The predicted octanol–water partition coefficient (Wildman–Crippen LogP) is 5.47. The number of halogens is 7. The quantitative estimate of drug-likeness (QED) is 0.213. The second-order valence-corrected chi connectivity index (χ2v) is 8.24. The number of amides is 2. The number of carboxylic acids is 1. The van der Waals surface area contributed by atoms with Gasteiger partial charge in [-0.15, -0.1) is 0 Å². The molecule has 2 aromatic carbocycles. The number of nitrogens with one attached hydrogen (secondary N) is 1. The first-order valence-corrected chi connectivity index (χ1v) is 11.9. The standard InChI is InChI=1S/C25H27F7N2O6/c1-2-38-21(22(35)36)14-16-4-7-18(8-5-16)39-13-11-34(10-3-12-40-25(31,32)24(28,29)30)23(37)33-17-6-9-19(26)20(27)15-17/h4-9,15,21H,2-3,10-14H2,1H3,(H,33,37)(H,35,36). The van der Waals surface area contributed by atoms with Crippen molar-refractivity contribution >= 4 is 17.7 Å². The predicted molar refractivity (Wildman–Crippen MR) is 127 cm³/mol. The van der Waals surface area contributed by atoms with Gasteiger partial charge in [0, 0.05) is 31.3 Å². The Hall–Kier alpha value is -3.59. The van der Waals surface area contributed by atoms with Gasteiger partial charge in [0.25, 0.3) is 0 Å². The molecule has 0 aromatic heterocycles. The lowest BCUT2D eigenvalue weighted by Gasteiger charge is -2.24. The van der Waals surface area contributed by atoms with Crippen LogP contribution in [-0.4, -0.2) is 73.3 Å². The third-order valence-electron chi connectivity index (χ3n) is 5.26. The molecule has 8 nitrogen and oxygen atoms in total. The van der Waals surface area contributed by atoms with Crippen molar-refractivity contribution in [1.29, 1.82) is 0 Å². The minimum Gasteiger partial charge on any atom is -0.492 e. The largest absolute Gasteiger partial charge is 0.492 e. The molecule has 2 amide bonds. The molecule has 1 unspecified atom stereocenters. The molecular weight excluding hydrogens is 557 g/mol. The summed E-state index contributed by atoms with van der Waals surface area (Å²) < 4.78 is 104. The van der Waals surface area contributed by atoms with E-state index in [1.165, 1.54) is 0 Å². The van der Waals surface area contributed by atoms with Gasteiger partial charge in [-0.05, 0) is 43.2 Å². The zero-order valence-electron chi connectivity index (χ0n) is 21.1. The molecule has 0 aliphatic rings. The summed E-state index contributed by atoms with van der Waals surface area (Å²) in [5.74, 6) is -3.18. The minimum atomic E-state index is -5.91. The second-order valence-electron chi connectivity index (χ2n) is 8.24. The van der Waals surface area contributed by atoms with E-state index in [-0.39, 0.29) is 38.4 Å². The number of nitrogens with zero attached hydrogens (tertiary/aromatic N) is 1. The average Bonchev–Trinajstić information content (AvgIpc) is 2.87. The van der Waals surface area contributed by atoms with Crippen LogP contribution >= 0.6 is 0 Å². The summed E-state index contributed by atoms with van der Waals surface area (Å²) in [7, 11) is 0. The molecule has 40 heavy (non-hydrogen) atoms. The van der Waals surface area contributed by atoms with Crippen molar-refractivity contribution < 1.29 is 59.6 Å². The number of anilines is 1. The van der Waals surface area contributed by atoms with Crippen molar-refractivity contribution in [2.75, 3.05) is 38.2 Å². The van der Waals surface area contributed by atoms with Crippen LogP contribution in [0.5, 0.6) is 5.75 Å². The van der Waals surface area contributed by atoms with Gasteiger partial charge in [-0.25, -0.2) is 18.4 Å². The third kappa shape index (κ3) is 10.2. The molecule has 0 saturated heterocycles. The molecule has 222 valence electrons. The van der Waals surface area contributed by atoms with E-state index in [0.717, 1.165) is 17.0 Å². The fraction of sp³-hybridized carbons (Fsp3) is 0.440. The van der Waals surface area contributed by atoms with Gasteiger partial charge in [0.05, 0.1) is 13.2 Å². The van der Waals surface area contributed by atoms with Gasteiger partial charge in [-0.3, -0.25) is 0 Å². The maximum atomic E-state index is 13.5. The Bertz CT molecular complexity index is 1120. The molecule has 15 heteroatoms. The lowest BCUT2D eigenvalue weighted by molar-refractivity contribution is -0.391. The molecule has 0 fully saturated rings. The van der Waals surface area contributed by atoms with Gasteiger partial charge in [0.2, 0.25) is 0 Å². The maximum absolute atomic E-state index is 13.5. The molecule has 2 N–H and O–H groups in total. The van der Waals surface area contributed by atoms with Crippen LogP contribution in [0.25, 0.3) is 0 Å². The van der Waals surface area contributed by atoms with Gasteiger partial charge in [0.1, 0.15) is 12.4 Å². The fourth-order valence-corrected chi connectivity index (χ4v) is 3.26. The Morgan fingerprint density at radius 1 is 0.975 bits per heavy atom. The monoisotopic (exact) mass is 584 g/mol. The Balaban J connectivity index is 1.99. The Kier molecular flexibility index (Phi) is 12.0. The fourth-order valence-electron chi connectivity index (χ4n) is 3.26. The first-order chi connectivity index (χ1) is 18.7. The first-order valence-electron chi connectivity index (χ1n) is 11.9. The van der Waals surface area contributed by atoms with Gasteiger partial charge in [-0.1, -0.05) is 12.1 Å². The van der Waals surface area contributed by atoms with E-state index in [2.05, 4.69) is 10.1 Å². The lowest BCUT2D eigenvalue weighted by atomic mass is 10.1. The highest BCUT2D eigenvalue weighted by molar-refractivity contribution is 5.89. The number of benzene rings is 2. The van der Waals surface area contributed by atoms with Crippen molar-refractivity contribution in [2.45, 2.75) is 38.2 Å². The van der Waals surface area contributed by atoms with E-state index in [1.54, 1.807) is 31.2 Å². The highest BCUT2D eigenvalue weighted by Gasteiger charge is 2.59. The lowest BCUT2D eigenvalue weighted by Crippen LogP contribution is -2.41. The van der Waals surface area contributed by atoms with Gasteiger partial charge in [0.15, 0.2) is 17.7 Å². The summed E-state index contributed by atoms with van der Waals surface area (Å²) in [6.45, 7) is 0.163. The van der Waals surface area contributed by atoms with Crippen LogP contribution < -0.4 is 10.1 Å². The number of rotatable bonds is 15. The number of ether oxygens (including phenoxy) is 3. The molecule has 0 saturated carbocycles. The van der Waals surface area contributed by atoms with Crippen molar-refractivity contribution in [2.24, 2.45) is 0 Å². The van der Waals surface area contributed by atoms with E-state index >= 15 is 0 Å². The van der Waals surface area contributed by atoms with Crippen LogP contribution in [0.3, 0.4) is 0 Å². The molecule has 0 bridgehead atoms. The summed E-state index contributed by atoms with van der Waals surface area (Å²) in [6.07, 6.45) is -12.6. The molecule has 0 spiro atoms. The van der Waals surface area contributed by atoms with Crippen molar-refractivity contribution in [1.82, 2.24) is 4.90 Å². The van der Waals surface area contributed by atoms with Gasteiger partial charge < -0.3 is 29.5 Å². The normalized spacial score (nSPS) is 12.6. The molecule has 0 aliphatic heterocycles. The first kappa shape index (κ1) is 32.6. The Morgan fingerprint density at radius 3 is 2.23 bits per heavy atom. The Morgan fingerprint density at radius 2 is 1.65 bits per heavy atom. The number of carbonyl (C=O) groups excluding carboxylic acids is 1. The number of hydrogen-bond acceptors (Lipinski definition) is 5. The SMILES string of the molecule is CCOC(Cc1ccc(OCCN(CCCOC(F)(F)C(F)(F)F)C(=O)Nc2ccc(F)c(F)c2)cc1)C(=O)O. The number of alkyl halides is 5. The highest BCUT2D eigenvalue weighted by Crippen LogP contribution is 2.36. The molecule has 0 radical (unpaired) electrons. The number of carbonyl (C=O) groups is 2. The van der Waals surface area contributed by atoms with E-state index in [0.29, 0.717) is 17.4 Å². The summed E-state index contributed by atoms with van der Waals surface area (Å²) in [5.41, 5.74) is 0.522. The van der Waals surface area contributed by atoms with Crippen molar-refractivity contribution in [3.8, 4) is 5.75 Å². The second kappa shape index (κ2) is 14.7. The molecule has 2 rings (SSSR count). The topological polar surface area (TPSA) is 97.3 Å². The average molecular weight is 584 g/mol. The molecule has 0 heterocycles.